The zero-order valence-electron chi connectivity index (χ0n) is 46.7. The fourth-order valence-electron chi connectivity index (χ4n) is 7.97. The molecule has 412 valence electrons. The predicted octanol–water partition coefficient (Wildman–Crippen LogP) is 17.5. The number of rotatable bonds is 53. The molecule has 71 heavy (non-hydrogen) atoms. The van der Waals surface area contributed by atoms with Crippen molar-refractivity contribution < 1.29 is 42.1 Å². The van der Waals surface area contributed by atoms with Gasteiger partial charge in [0.05, 0.1) is 27.7 Å². The fourth-order valence-corrected chi connectivity index (χ4v) is 8.70. The number of hydrogen-bond donors (Lipinski definition) is 0. The number of likely N-dealkylation sites (N-methyl/N-ethyl adjacent to an activating group) is 1. The van der Waals surface area contributed by atoms with Gasteiger partial charge in [0.2, 0.25) is 0 Å². The van der Waals surface area contributed by atoms with Crippen LogP contribution in [0.3, 0.4) is 0 Å². The quantitative estimate of drug-likeness (QED) is 0.0195. The van der Waals surface area contributed by atoms with Crippen molar-refractivity contribution in [3.05, 3.63) is 72.9 Å². The molecular weight excluding hydrogens is 906 g/mol. The molecule has 10 heteroatoms. The van der Waals surface area contributed by atoms with Gasteiger partial charge in [-0.05, 0) is 83.5 Å². The van der Waals surface area contributed by atoms with E-state index in [4.69, 9.17) is 18.5 Å². The zero-order chi connectivity index (χ0) is 52.0. The van der Waals surface area contributed by atoms with Crippen LogP contribution < -0.4 is 4.89 Å². The number of phosphoric ester groups is 1. The fraction of sp³-hybridized carbons (Fsp3) is 0.770. The average molecular weight is 1020 g/mol. The Bertz CT molecular complexity index is 1430. The molecule has 0 amide bonds. The van der Waals surface area contributed by atoms with Crippen molar-refractivity contribution in [2.24, 2.45) is 0 Å². The lowest BCUT2D eigenvalue weighted by Gasteiger charge is -2.28. The molecule has 0 N–H and O–H groups in total. The summed E-state index contributed by atoms with van der Waals surface area (Å²) in [6.07, 6.45) is 68.0. The molecule has 0 rings (SSSR count). The molecule has 0 aromatic carbocycles. The van der Waals surface area contributed by atoms with Gasteiger partial charge in [0.25, 0.3) is 7.82 Å². The van der Waals surface area contributed by atoms with Gasteiger partial charge >= 0.3 is 11.9 Å². The molecule has 2 atom stereocenters. The molecule has 0 saturated heterocycles. The maximum atomic E-state index is 12.8. The van der Waals surface area contributed by atoms with E-state index in [-0.39, 0.29) is 32.0 Å². The molecule has 0 saturated carbocycles. The number of phosphoric acid groups is 1. The van der Waals surface area contributed by atoms with Gasteiger partial charge in [-0.25, -0.2) is 0 Å². The maximum absolute atomic E-state index is 12.8. The highest BCUT2D eigenvalue weighted by Crippen LogP contribution is 2.38. The van der Waals surface area contributed by atoms with Crippen molar-refractivity contribution in [1.82, 2.24) is 0 Å². The number of carbonyl (C=O) groups excluding carboxylic acids is 2. The Kier molecular flexibility index (Phi) is 50.4. The normalized spacial score (nSPS) is 13.8. The Labute approximate surface area is 438 Å². The topological polar surface area (TPSA) is 111 Å². The summed E-state index contributed by atoms with van der Waals surface area (Å²) in [6, 6.07) is 0. The lowest BCUT2D eigenvalue weighted by molar-refractivity contribution is -0.870. The number of quaternary nitrogens is 1. The first kappa shape index (κ1) is 68.5. The van der Waals surface area contributed by atoms with Gasteiger partial charge in [-0.1, -0.05) is 228 Å². The summed E-state index contributed by atoms with van der Waals surface area (Å²) < 4.78 is 34.2. The first-order valence-electron chi connectivity index (χ1n) is 29.1. The first-order valence-corrected chi connectivity index (χ1v) is 30.6. The van der Waals surface area contributed by atoms with Gasteiger partial charge in [0.1, 0.15) is 19.8 Å². The monoisotopic (exact) mass is 1020 g/mol. The van der Waals surface area contributed by atoms with E-state index in [1.54, 1.807) is 0 Å². The third kappa shape index (κ3) is 56.6. The van der Waals surface area contributed by atoms with E-state index in [0.29, 0.717) is 17.4 Å². The van der Waals surface area contributed by atoms with Crippen LogP contribution in [0.15, 0.2) is 72.9 Å². The first-order chi connectivity index (χ1) is 34.5. The maximum Gasteiger partial charge on any atom is 0.306 e. The van der Waals surface area contributed by atoms with Crippen molar-refractivity contribution in [2.75, 3.05) is 47.5 Å². The molecule has 0 bridgehead atoms. The molecule has 0 spiro atoms. The number of unbranched alkanes of at least 4 members (excludes halogenated alkanes) is 27. The van der Waals surface area contributed by atoms with E-state index < -0.39 is 26.5 Å². The second-order valence-corrected chi connectivity index (χ2v) is 22.0. The lowest BCUT2D eigenvalue weighted by Crippen LogP contribution is -2.37. The summed E-state index contributed by atoms with van der Waals surface area (Å²) in [7, 11) is 1.16. The minimum atomic E-state index is -4.64. The van der Waals surface area contributed by atoms with Gasteiger partial charge in [0.15, 0.2) is 6.10 Å². The third-order valence-electron chi connectivity index (χ3n) is 12.5. The average Bonchev–Trinajstić information content (AvgIpc) is 3.33. The highest BCUT2D eigenvalue weighted by Gasteiger charge is 2.22. The second-order valence-electron chi connectivity index (χ2n) is 20.6. The van der Waals surface area contributed by atoms with E-state index in [1.807, 2.05) is 21.1 Å². The Balaban J connectivity index is 4.14. The Morgan fingerprint density at radius 3 is 1.21 bits per heavy atom. The van der Waals surface area contributed by atoms with Crippen LogP contribution in [-0.2, 0) is 32.7 Å². The molecule has 0 aliphatic heterocycles. The Morgan fingerprint density at radius 2 is 0.803 bits per heavy atom. The van der Waals surface area contributed by atoms with Crippen LogP contribution in [0.2, 0.25) is 0 Å². The molecule has 0 fully saturated rings. The Hall–Kier alpha value is -2.55. The number of hydrogen-bond acceptors (Lipinski definition) is 8. The third-order valence-corrected chi connectivity index (χ3v) is 13.4. The SMILES string of the molecule is CC/C=C\C/C=C\C/C=C\C/C=C\C/C=C\CCCCCCCCCCCCCCCC(=O)OC(COC(=O)CCCCCCCCC/C=C\CCCCCCCCC)COP(=O)([O-])OCC[N+](C)(C)C. The summed E-state index contributed by atoms with van der Waals surface area (Å²) in [5.74, 6) is -0.836. The highest BCUT2D eigenvalue weighted by atomic mass is 31.2. The van der Waals surface area contributed by atoms with E-state index in [9.17, 15) is 19.0 Å². The number of nitrogens with zero attached hydrogens (tertiary/aromatic N) is 1. The molecule has 0 aromatic heterocycles. The van der Waals surface area contributed by atoms with E-state index in [1.165, 1.54) is 135 Å². The summed E-state index contributed by atoms with van der Waals surface area (Å²) >= 11 is 0. The van der Waals surface area contributed by atoms with Gasteiger partial charge < -0.3 is 27.9 Å². The molecule has 0 aliphatic rings. The summed E-state index contributed by atoms with van der Waals surface area (Å²) in [5.41, 5.74) is 0. The van der Waals surface area contributed by atoms with Crippen LogP contribution in [0.4, 0.5) is 0 Å². The minimum absolute atomic E-state index is 0.0334. The van der Waals surface area contributed by atoms with Crippen molar-refractivity contribution in [1.29, 1.82) is 0 Å². The number of allylic oxidation sites excluding steroid dienone is 12. The van der Waals surface area contributed by atoms with Crippen LogP contribution in [-0.4, -0.2) is 70.0 Å². The molecule has 0 aromatic rings. The van der Waals surface area contributed by atoms with Crippen molar-refractivity contribution in [3.8, 4) is 0 Å². The summed E-state index contributed by atoms with van der Waals surface area (Å²) in [6.45, 7) is 4.13. The van der Waals surface area contributed by atoms with Crippen molar-refractivity contribution >= 4 is 19.8 Å². The Morgan fingerprint density at radius 1 is 0.451 bits per heavy atom. The van der Waals surface area contributed by atoms with Crippen molar-refractivity contribution in [3.63, 3.8) is 0 Å². The van der Waals surface area contributed by atoms with Gasteiger partial charge in [-0.3, -0.25) is 14.2 Å². The van der Waals surface area contributed by atoms with Gasteiger partial charge in [0, 0.05) is 12.8 Å². The minimum Gasteiger partial charge on any atom is -0.756 e. The van der Waals surface area contributed by atoms with Crippen molar-refractivity contribution in [2.45, 2.75) is 258 Å². The smallest absolute Gasteiger partial charge is 0.306 e. The van der Waals surface area contributed by atoms with E-state index in [0.717, 1.165) is 83.5 Å². The van der Waals surface area contributed by atoms with Crippen LogP contribution in [0.5, 0.6) is 0 Å². The van der Waals surface area contributed by atoms with E-state index in [2.05, 4.69) is 86.8 Å². The molecule has 0 aliphatic carbocycles. The molecule has 9 nitrogen and oxygen atoms in total. The zero-order valence-corrected chi connectivity index (χ0v) is 47.6. The van der Waals surface area contributed by atoms with Crippen LogP contribution in [0.25, 0.3) is 0 Å². The largest absolute Gasteiger partial charge is 0.756 e. The van der Waals surface area contributed by atoms with E-state index >= 15 is 0 Å². The molecular formula is C61H110NO8P. The van der Waals surface area contributed by atoms with Crippen LogP contribution in [0.1, 0.15) is 251 Å². The van der Waals surface area contributed by atoms with Gasteiger partial charge in [-0.2, -0.15) is 0 Å². The number of esters is 2. The number of ether oxygens (including phenoxy) is 2. The standard InChI is InChI=1S/C61H110NO8P/c1-6-8-10-12-14-16-18-20-22-24-26-27-28-29-30-31-32-33-34-35-36-38-40-42-44-46-48-50-52-54-61(64)70-59(58-69-71(65,66)68-56-55-62(3,4)5)57-67-60(63)53-51-49-47-45-43-41-39-37-25-23-21-19-17-15-13-11-9-7-2/h8,10,14,16,20,22-23,25-27,29-30,59H,6-7,9,11-13,15,17-19,21,24,28,31-58H2,1-5H3/b10-8-,16-14-,22-20-,25-23-,27-26-,30-29-. The highest BCUT2D eigenvalue weighted by molar-refractivity contribution is 7.45. The summed E-state index contributed by atoms with van der Waals surface area (Å²) in [4.78, 5) is 37.9. The molecule has 2 unspecified atom stereocenters. The summed E-state index contributed by atoms with van der Waals surface area (Å²) in [5, 5.41) is 0. The second kappa shape index (κ2) is 52.3. The molecule has 0 radical (unpaired) electrons. The lowest BCUT2D eigenvalue weighted by atomic mass is 10.0. The molecule has 0 heterocycles. The van der Waals surface area contributed by atoms with Crippen LogP contribution in [0, 0.1) is 0 Å². The van der Waals surface area contributed by atoms with Gasteiger partial charge in [-0.15, -0.1) is 0 Å². The number of carbonyl (C=O) groups is 2. The van der Waals surface area contributed by atoms with Crippen LogP contribution >= 0.6 is 7.82 Å². The predicted molar refractivity (Wildman–Crippen MR) is 300 cm³/mol.